The third kappa shape index (κ3) is 1.93. The van der Waals surface area contributed by atoms with Gasteiger partial charge in [-0.1, -0.05) is 6.92 Å². The maximum Gasteiger partial charge on any atom is 0.319 e. The van der Waals surface area contributed by atoms with Crippen molar-refractivity contribution in [3.05, 3.63) is 0 Å². The van der Waals surface area contributed by atoms with Gasteiger partial charge in [0.1, 0.15) is 10.5 Å². The number of carbonyl (C=O) groups is 2. The molecule has 2 N–H and O–H groups in total. The van der Waals surface area contributed by atoms with Crippen molar-refractivity contribution in [2.45, 2.75) is 18.4 Å². The Labute approximate surface area is 75.2 Å². The summed E-state index contributed by atoms with van der Waals surface area (Å²) in [6, 6.07) is 0. The fourth-order valence-electron chi connectivity index (χ4n) is 0.866. The van der Waals surface area contributed by atoms with Crippen molar-refractivity contribution < 1.29 is 23.9 Å². The van der Waals surface area contributed by atoms with Crippen LogP contribution in [-0.4, -0.2) is 42.4 Å². The number of hydrogen-bond donors (Lipinski definition) is 2. The fraction of sp³-hybridized carbons (Fsp3) is 0.600. The van der Waals surface area contributed by atoms with Crippen LogP contribution in [0.5, 0.6) is 0 Å². The van der Waals surface area contributed by atoms with Crippen molar-refractivity contribution in [3.8, 4) is 0 Å². The number of hydrogen-bond acceptors (Lipinski definition) is 3. The number of carboxylic acid groups (broad SMARTS) is 2. The molecule has 0 aromatic carbocycles. The van der Waals surface area contributed by atoms with Gasteiger partial charge >= 0.3 is 11.9 Å². The first-order valence-electron chi connectivity index (χ1n) is 3.47. The van der Waals surface area contributed by atoms with Crippen LogP contribution in [0.2, 0.25) is 5.04 Å². The average molecular weight is 208 g/mol. The Bertz CT molecular complexity index is 178. The van der Waals surface area contributed by atoms with Crippen LogP contribution in [0.4, 0.5) is 0 Å². The average Bonchev–Trinajstić information content (AvgIpc) is 1.98. The van der Waals surface area contributed by atoms with E-state index in [2.05, 4.69) is 0 Å². The molecule has 0 saturated carbocycles. The van der Waals surface area contributed by atoms with E-state index < -0.39 is 26.7 Å². The summed E-state index contributed by atoms with van der Waals surface area (Å²) in [5, 5.41) is 15.8. The van der Waals surface area contributed by atoms with E-state index in [0.717, 1.165) is 0 Å². The van der Waals surface area contributed by atoms with Gasteiger partial charge in [0, 0.05) is 0 Å². The molecule has 0 heterocycles. The molecule has 0 amide bonds. The van der Waals surface area contributed by atoms with Gasteiger partial charge in [-0.15, -0.1) is 0 Å². The van der Waals surface area contributed by atoms with Crippen LogP contribution < -0.4 is 0 Å². The summed E-state index contributed by atoms with van der Waals surface area (Å²) in [6.45, 7) is 1.55. The minimum atomic E-state index is -1.62. The second kappa shape index (κ2) is 4.38. The van der Waals surface area contributed by atoms with Gasteiger partial charge in [0.25, 0.3) is 0 Å². The quantitative estimate of drug-likeness (QED) is 0.407. The third-order valence-corrected chi connectivity index (χ3v) is 4.57. The van der Waals surface area contributed by atoms with Crippen LogP contribution in [0.1, 0.15) is 13.3 Å². The Morgan fingerprint density at radius 1 is 1.50 bits per heavy atom. The van der Waals surface area contributed by atoms with E-state index in [9.17, 15) is 9.59 Å². The third-order valence-electron chi connectivity index (χ3n) is 1.81. The molecule has 0 aliphatic carbocycles. The van der Waals surface area contributed by atoms with E-state index in [4.69, 9.17) is 14.3 Å². The second-order valence-corrected chi connectivity index (χ2v) is 6.28. The van der Waals surface area contributed by atoms with Crippen molar-refractivity contribution in [2.24, 2.45) is 0 Å². The highest BCUT2D eigenvalue weighted by molar-refractivity contribution is 6.51. The highest BCUT2D eigenvalue weighted by atomic mass is 28.3. The Morgan fingerprint density at radius 3 is 2.00 bits per heavy atom. The highest BCUT2D eigenvalue weighted by Crippen LogP contribution is 2.29. The molecule has 70 valence electrons. The summed E-state index contributed by atoms with van der Waals surface area (Å²) in [4.78, 5) is 21.3. The lowest BCUT2D eigenvalue weighted by atomic mass is 10.1. The van der Waals surface area contributed by atoms with Gasteiger partial charge in [0.2, 0.25) is 0 Å². The summed E-state index contributed by atoms with van der Waals surface area (Å²) in [5.41, 5.74) is 0. The summed E-state index contributed by atoms with van der Waals surface area (Å²) in [7, 11) is -1.10. The smallest absolute Gasteiger partial charge is 0.319 e. The van der Waals surface area contributed by atoms with E-state index in [1.54, 1.807) is 6.92 Å². The zero-order valence-corrected chi connectivity index (χ0v) is 10.4. The van der Waals surface area contributed by atoms with Crippen LogP contribution >= 0.6 is 0 Å². The Morgan fingerprint density at radius 2 is 1.92 bits per heavy atom. The summed E-state index contributed by atoms with van der Waals surface area (Å²) >= 11 is 0. The molecule has 7 heteroatoms. The molecule has 0 bridgehead atoms. The molecule has 0 radical (unpaired) electrons. The van der Waals surface area contributed by atoms with E-state index in [1.807, 2.05) is 0 Å². The monoisotopic (exact) mass is 208 g/mol. The number of rotatable bonds is 5. The van der Waals surface area contributed by atoms with Gasteiger partial charge in [0.15, 0.2) is 14.8 Å². The molecule has 0 rings (SSSR count). The van der Waals surface area contributed by atoms with E-state index >= 15 is 0 Å². The molecular weight excluding hydrogens is 196 g/mol. The van der Waals surface area contributed by atoms with Crippen LogP contribution in [-0.2, 0) is 13.7 Å². The first kappa shape index (κ1) is 11.3. The molecular formula is C5H12O5Si2. The minimum Gasteiger partial charge on any atom is -0.481 e. The van der Waals surface area contributed by atoms with Crippen molar-refractivity contribution in [1.82, 2.24) is 0 Å². The van der Waals surface area contributed by atoms with Crippen LogP contribution in [0.15, 0.2) is 0 Å². The normalized spacial score (nSPS) is 12.4. The van der Waals surface area contributed by atoms with E-state index in [-0.39, 0.29) is 6.42 Å². The lowest BCUT2D eigenvalue weighted by molar-refractivity contribution is -0.153. The van der Waals surface area contributed by atoms with E-state index in [0.29, 0.717) is 10.5 Å². The second-order valence-electron chi connectivity index (χ2n) is 2.48. The van der Waals surface area contributed by atoms with Crippen molar-refractivity contribution >= 4 is 32.2 Å². The topological polar surface area (TPSA) is 83.8 Å². The van der Waals surface area contributed by atoms with Gasteiger partial charge in [-0.25, -0.2) is 0 Å². The number of aliphatic carboxylic acids is 2. The summed E-state index contributed by atoms with van der Waals surface area (Å²) < 4.78 is 4.84. The Balaban J connectivity index is 4.76. The largest absolute Gasteiger partial charge is 0.481 e. The molecule has 0 aliphatic heterocycles. The maximum atomic E-state index is 10.7. The molecule has 0 aliphatic rings. The van der Waals surface area contributed by atoms with Gasteiger partial charge in [-0.2, -0.15) is 0 Å². The molecule has 0 unspecified atom stereocenters. The zero-order valence-electron chi connectivity index (χ0n) is 7.03. The fourth-order valence-corrected chi connectivity index (χ4v) is 3.29. The van der Waals surface area contributed by atoms with E-state index in [1.165, 1.54) is 0 Å². The highest BCUT2D eigenvalue weighted by Gasteiger charge is 2.45. The Kier molecular flexibility index (Phi) is 4.14. The molecule has 12 heavy (non-hydrogen) atoms. The maximum absolute atomic E-state index is 10.7. The van der Waals surface area contributed by atoms with Gasteiger partial charge in [-0.3, -0.25) is 9.59 Å². The Hall–Kier alpha value is -0.666. The first-order valence-corrected chi connectivity index (χ1v) is 5.57. The first-order chi connectivity index (χ1) is 5.51. The minimum absolute atomic E-state index is 0.0894. The molecule has 0 aromatic rings. The summed E-state index contributed by atoms with van der Waals surface area (Å²) in [6.07, 6.45) is 0.0894. The van der Waals surface area contributed by atoms with Crippen LogP contribution in [0.25, 0.3) is 0 Å². The van der Waals surface area contributed by atoms with Gasteiger partial charge < -0.3 is 14.3 Å². The van der Waals surface area contributed by atoms with Crippen LogP contribution in [0.3, 0.4) is 0 Å². The van der Waals surface area contributed by atoms with Crippen molar-refractivity contribution in [1.29, 1.82) is 0 Å². The van der Waals surface area contributed by atoms with Crippen molar-refractivity contribution in [2.75, 3.05) is 0 Å². The van der Waals surface area contributed by atoms with Gasteiger partial charge in [0.05, 0.1) is 0 Å². The molecule has 0 saturated heterocycles. The number of carboxylic acids is 2. The molecule has 5 nitrogen and oxygen atoms in total. The standard InChI is InChI=1S/C5H12O5Si2/c1-2-5(3(6)7,4(8)9)12-10-11/h2,12H2,1,11H3,(H,6,7)(H,8,9). The molecule has 0 atom stereocenters. The molecule has 0 aromatic heterocycles. The predicted octanol–water partition coefficient (Wildman–Crippen LogP) is -1.89. The van der Waals surface area contributed by atoms with Crippen molar-refractivity contribution in [3.63, 3.8) is 0 Å². The lowest BCUT2D eigenvalue weighted by Gasteiger charge is -2.21. The summed E-state index contributed by atoms with van der Waals surface area (Å²) in [5.74, 6) is -2.56. The van der Waals surface area contributed by atoms with Gasteiger partial charge in [-0.05, 0) is 6.42 Å². The van der Waals surface area contributed by atoms with Crippen LogP contribution in [0, 0.1) is 0 Å². The molecule has 0 spiro atoms. The molecule has 0 fully saturated rings. The lowest BCUT2D eigenvalue weighted by Crippen LogP contribution is -2.38. The predicted molar refractivity (Wildman–Crippen MR) is 47.8 cm³/mol. The zero-order chi connectivity index (χ0) is 9.78. The SMILES string of the molecule is CCC([SiH2]O[SiH3])(C(=O)O)C(=O)O.